The molecule has 3 amide bonds. The van der Waals surface area contributed by atoms with Crippen LogP contribution in [0.1, 0.15) is 30.9 Å². The van der Waals surface area contributed by atoms with E-state index in [-0.39, 0.29) is 11.8 Å². The van der Waals surface area contributed by atoms with Crippen LogP contribution in [0, 0.1) is 25.7 Å². The van der Waals surface area contributed by atoms with Gasteiger partial charge < -0.3 is 10.1 Å². The van der Waals surface area contributed by atoms with Crippen molar-refractivity contribution in [2.24, 2.45) is 11.8 Å². The van der Waals surface area contributed by atoms with Crippen LogP contribution in [-0.4, -0.2) is 41.2 Å². The maximum Gasteiger partial charge on any atom is 0.329 e. The third-order valence-corrected chi connectivity index (χ3v) is 5.12. The van der Waals surface area contributed by atoms with Gasteiger partial charge in [-0.1, -0.05) is 18.2 Å². The molecule has 0 saturated carbocycles. The molecule has 7 nitrogen and oxygen atoms in total. The number of carbonyl (C=O) groups excluding carboxylic acids is 4. The number of nitrogens with one attached hydrogen (secondary N) is 1. The fourth-order valence-electron chi connectivity index (χ4n) is 3.81. The molecule has 1 aliphatic carbocycles. The Hall–Kier alpha value is -2.96. The molecule has 1 fully saturated rings. The van der Waals surface area contributed by atoms with E-state index in [0.29, 0.717) is 18.5 Å². The molecule has 3 rings (SSSR count). The minimum atomic E-state index is -1.06. The van der Waals surface area contributed by atoms with Gasteiger partial charge in [0.25, 0.3) is 5.91 Å². The number of likely N-dealkylation sites (tertiary alicyclic amines) is 1. The first-order valence-electron chi connectivity index (χ1n) is 9.34. The van der Waals surface area contributed by atoms with Crippen LogP contribution >= 0.6 is 0 Å². The number of nitrogens with zero attached hydrogens (tertiary/aromatic N) is 1. The highest BCUT2D eigenvalue weighted by atomic mass is 16.5. The Balaban J connectivity index is 1.56. The van der Waals surface area contributed by atoms with Crippen LogP contribution in [-0.2, 0) is 23.9 Å². The highest BCUT2D eigenvalue weighted by Gasteiger charge is 2.50. The van der Waals surface area contributed by atoms with Crippen molar-refractivity contribution in [3.05, 3.63) is 41.5 Å². The summed E-state index contributed by atoms with van der Waals surface area (Å²) in [6.45, 7) is 4.80. The Morgan fingerprint density at radius 1 is 1.07 bits per heavy atom. The molecule has 148 valence electrons. The number of hydrogen-bond donors (Lipinski definition) is 1. The highest BCUT2D eigenvalue weighted by molar-refractivity contribution is 6.08. The molecule has 0 radical (unpaired) electrons. The lowest BCUT2D eigenvalue weighted by molar-refractivity contribution is -0.159. The van der Waals surface area contributed by atoms with Crippen molar-refractivity contribution in [3.8, 4) is 0 Å². The van der Waals surface area contributed by atoms with E-state index in [0.717, 1.165) is 16.0 Å². The average molecular weight is 384 g/mol. The second kappa shape index (κ2) is 7.96. The molecule has 2 aliphatic rings. The predicted octanol–water partition coefficient (Wildman–Crippen LogP) is 2.12. The van der Waals surface area contributed by atoms with Crippen molar-refractivity contribution in [2.45, 2.75) is 39.7 Å². The van der Waals surface area contributed by atoms with Crippen LogP contribution in [0.25, 0.3) is 0 Å². The van der Waals surface area contributed by atoms with Crippen LogP contribution < -0.4 is 5.32 Å². The number of allylic oxidation sites excluding steroid dienone is 2. The molecule has 1 heterocycles. The Kier molecular flexibility index (Phi) is 5.63. The number of rotatable bonds is 5. The molecule has 3 atom stereocenters. The summed E-state index contributed by atoms with van der Waals surface area (Å²) in [5, 5.41) is 2.67. The summed E-state index contributed by atoms with van der Waals surface area (Å²) in [7, 11) is 0. The lowest BCUT2D eigenvalue weighted by Gasteiger charge is -2.21. The summed E-state index contributed by atoms with van der Waals surface area (Å²) in [6, 6.07) is 4.55. The van der Waals surface area contributed by atoms with E-state index in [2.05, 4.69) is 5.32 Å². The minimum Gasteiger partial charge on any atom is -0.454 e. The minimum absolute atomic E-state index is 0.344. The van der Waals surface area contributed by atoms with Gasteiger partial charge in [-0.25, -0.2) is 4.79 Å². The molecule has 1 aromatic rings. The lowest BCUT2D eigenvalue weighted by atomic mass is 9.85. The number of amides is 3. The van der Waals surface area contributed by atoms with Crippen molar-refractivity contribution >= 4 is 29.4 Å². The average Bonchev–Trinajstić information content (AvgIpc) is 2.89. The van der Waals surface area contributed by atoms with Gasteiger partial charge in [0.2, 0.25) is 11.8 Å². The maximum absolute atomic E-state index is 12.5. The smallest absolute Gasteiger partial charge is 0.329 e. The zero-order valence-electron chi connectivity index (χ0n) is 16.2. The van der Waals surface area contributed by atoms with Crippen LogP contribution in [0.2, 0.25) is 0 Å². The van der Waals surface area contributed by atoms with E-state index in [1.807, 2.05) is 44.2 Å². The molecule has 1 N–H and O–H groups in total. The Morgan fingerprint density at radius 2 is 1.61 bits per heavy atom. The van der Waals surface area contributed by atoms with E-state index in [4.69, 9.17) is 4.74 Å². The number of esters is 1. The number of anilines is 1. The zero-order chi connectivity index (χ0) is 20.4. The van der Waals surface area contributed by atoms with Crippen molar-refractivity contribution in [1.29, 1.82) is 0 Å². The third kappa shape index (κ3) is 3.98. The number of benzene rings is 1. The first kappa shape index (κ1) is 19.8. The molecule has 7 heteroatoms. The first-order valence-corrected chi connectivity index (χ1v) is 9.34. The van der Waals surface area contributed by atoms with Crippen molar-refractivity contribution in [1.82, 2.24) is 4.90 Å². The van der Waals surface area contributed by atoms with Crippen LogP contribution in [0.15, 0.2) is 30.4 Å². The van der Waals surface area contributed by atoms with E-state index < -0.39 is 36.4 Å². The number of hydrogen-bond acceptors (Lipinski definition) is 5. The molecule has 0 spiro atoms. The van der Waals surface area contributed by atoms with Crippen molar-refractivity contribution < 1.29 is 23.9 Å². The van der Waals surface area contributed by atoms with Gasteiger partial charge in [-0.15, -0.1) is 0 Å². The Morgan fingerprint density at radius 3 is 2.14 bits per heavy atom. The highest BCUT2D eigenvalue weighted by Crippen LogP contribution is 2.36. The second-order valence-electron chi connectivity index (χ2n) is 7.41. The molecule has 0 aromatic heterocycles. The lowest BCUT2D eigenvalue weighted by Crippen LogP contribution is -2.45. The van der Waals surface area contributed by atoms with Crippen molar-refractivity contribution in [2.75, 3.05) is 11.9 Å². The molecule has 0 bridgehead atoms. The summed E-state index contributed by atoms with van der Waals surface area (Å²) in [4.78, 5) is 50.4. The van der Waals surface area contributed by atoms with Crippen molar-refractivity contribution in [3.63, 3.8) is 0 Å². The normalized spacial score (nSPS) is 22.0. The number of imide groups is 1. The van der Waals surface area contributed by atoms with Gasteiger partial charge in [-0.3, -0.25) is 19.3 Å². The van der Waals surface area contributed by atoms with Crippen LogP contribution in [0.5, 0.6) is 0 Å². The molecule has 0 unspecified atom stereocenters. The van der Waals surface area contributed by atoms with E-state index in [1.54, 1.807) is 0 Å². The third-order valence-electron chi connectivity index (χ3n) is 5.12. The van der Waals surface area contributed by atoms with Gasteiger partial charge in [0.05, 0.1) is 11.8 Å². The zero-order valence-corrected chi connectivity index (χ0v) is 16.2. The Labute approximate surface area is 163 Å². The van der Waals surface area contributed by atoms with E-state index >= 15 is 0 Å². The Bertz CT molecular complexity index is 814. The summed E-state index contributed by atoms with van der Waals surface area (Å²) in [5.41, 5.74) is 2.62. The van der Waals surface area contributed by atoms with Gasteiger partial charge >= 0.3 is 5.97 Å². The summed E-state index contributed by atoms with van der Waals surface area (Å²) >= 11 is 0. The number of ether oxygens (including phenoxy) is 1. The molecule has 1 aliphatic heterocycles. The summed E-state index contributed by atoms with van der Waals surface area (Å²) in [6.07, 6.45) is 4.78. The molecule has 1 aromatic carbocycles. The van der Waals surface area contributed by atoms with E-state index in [1.165, 1.54) is 6.92 Å². The SMILES string of the molecule is Cc1cc(C)cc(NC(=O)COC(=O)[C@H](C)N2C(=O)[C@H]3CC=CC[C@@H]3C2=O)c1. The largest absolute Gasteiger partial charge is 0.454 e. The monoisotopic (exact) mass is 384 g/mol. The molecule has 28 heavy (non-hydrogen) atoms. The standard InChI is InChI=1S/C21H24N2O5/c1-12-8-13(2)10-15(9-12)22-18(24)11-28-21(27)14(3)23-19(25)16-6-4-5-7-17(16)20(23)26/h4-5,8-10,14,16-17H,6-7,11H2,1-3H3,(H,22,24)/t14-,16-,17-/m0/s1. The topological polar surface area (TPSA) is 92.8 Å². The molecular formula is C21H24N2O5. The fourth-order valence-corrected chi connectivity index (χ4v) is 3.81. The second-order valence-corrected chi connectivity index (χ2v) is 7.41. The van der Waals surface area contributed by atoms with Gasteiger partial charge in [-0.05, 0) is 56.9 Å². The summed E-state index contributed by atoms with van der Waals surface area (Å²) in [5.74, 6) is -2.75. The molecule has 1 saturated heterocycles. The summed E-state index contributed by atoms with van der Waals surface area (Å²) < 4.78 is 5.05. The number of fused-ring (bicyclic) bond motifs is 1. The van der Waals surface area contributed by atoms with E-state index in [9.17, 15) is 19.2 Å². The van der Waals surface area contributed by atoms with Gasteiger partial charge in [0, 0.05) is 5.69 Å². The van der Waals surface area contributed by atoms with Gasteiger partial charge in [-0.2, -0.15) is 0 Å². The quantitative estimate of drug-likeness (QED) is 0.477. The van der Waals surface area contributed by atoms with Crippen LogP contribution in [0.4, 0.5) is 5.69 Å². The predicted molar refractivity (Wildman–Crippen MR) is 102 cm³/mol. The van der Waals surface area contributed by atoms with Crippen LogP contribution in [0.3, 0.4) is 0 Å². The molecular weight excluding hydrogens is 360 g/mol. The first-order chi connectivity index (χ1) is 13.3. The number of aryl methyl sites for hydroxylation is 2. The van der Waals surface area contributed by atoms with Gasteiger partial charge in [0.1, 0.15) is 6.04 Å². The maximum atomic E-state index is 12.5. The van der Waals surface area contributed by atoms with Gasteiger partial charge in [0.15, 0.2) is 6.61 Å². The number of carbonyl (C=O) groups is 4. The fraction of sp³-hybridized carbons (Fsp3) is 0.429.